The molecule has 0 saturated carbocycles. The molecule has 1 aliphatic heterocycles. The number of thioether (sulfide) groups is 1. The molecule has 7 heteroatoms. The fourth-order valence-corrected chi connectivity index (χ4v) is 2.86. The van der Waals surface area contributed by atoms with Crippen molar-refractivity contribution in [3.8, 4) is 0 Å². The second kappa shape index (κ2) is 5.92. The quantitative estimate of drug-likeness (QED) is 0.675. The van der Waals surface area contributed by atoms with Gasteiger partial charge in [-0.25, -0.2) is 0 Å². The largest absolute Gasteiger partial charge is 0.388 e. The van der Waals surface area contributed by atoms with Crippen LogP contribution in [0.4, 0.5) is 11.4 Å². The average Bonchev–Trinajstić information content (AvgIpc) is 2.46. The van der Waals surface area contributed by atoms with Crippen LogP contribution in [-0.2, 0) is 0 Å². The third kappa shape index (κ3) is 2.98. The van der Waals surface area contributed by atoms with Crippen LogP contribution >= 0.6 is 11.8 Å². The molecular weight excluding hydrogens is 266 g/mol. The van der Waals surface area contributed by atoms with E-state index in [4.69, 9.17) is 0 Å². The SMILES string of the molecule is CNc1ccc([N+](=O)[O-])c(C(=O)N2CCSCC2)c1. The van der Waals surface area contributed by atoms with E-state index in [2.05, 4.69) is 5.32 Å². The lowest BCUT2D eigenvalue weighted by atomic mass is 10.1. The van der Waals surface area contributed by atoms with E-state index in [9.17, 15) is 14.9 Å². The first-order chi connectivity index (χ1) is 9.13. The van der Waals surface area contributed by atoms with Crippen molar-refractivity contribution in [3.05, 3.63) is 33.9 Å². The third-order valence-corrected chi connectivity index (χ3v) is 3.95. The van der Waals surface area contributed by atoms with Gasteiger partial charge in [0, 0.05) is 43.4 Å². The van der Waals surface area contributed by atoms with Crippen molar-refractivity contribution in [3.63, 3.8) is 0 Å². The van der Waals surface area contributed by atoms with E-state index >= 15 is 0 Å². The van der Waals surface area contributed by atoms with Crippen LogP contribution in [0.5, 0.6) is 0 Å². The number of nitrogens with zero attached hydrogens (tertiary/aromatic N) is 2. The molecule has 1 heterocycles. The van der Waals surface area contributed by atoms with E-state index in [0.29, 0.717) is 18.8 Å². The summed E-state index contributed by atoms with van der Waals surface area (Å²) in [5, 5.41) is 13.9. The summed E-state index contributed by atoms with van der Waals surface area (Å²) in [6.07, 6.45) is 0. The lowest BCUT2D eigenvalue weighted by Crippen LogP contribution is -2.38. The summed E-state index contributed by atoms with van der Waals surface area (Å²) in [4.78, 5) is 24.6. The normalized spacial score (nSPS) is 15.1. The standard InChI is InChI=1S/C12H15N3O3S/c1-13-9-2-3-11(15(17)18)10(8-9)12(16)14-4-6-19-7-5-14/h2-3,8,13H,4-7H2,1H3. The van der Waals surface area contributed by atoms with Crippen molar-refractivity contribution in [1.82, 2.24) is 4.90 Å². The van der Waals surface area contributed by atoms with Crippen molar-refractivity contribution in [1.29, 1.82) is 0 Å². The number of carbonyl (C=O) groups excluding carboxylic acids is 1. The lowest BCUT2D eigenvalue weighted by molar-refractivity contribution is -0.385. The molecule has 2 rings (SSSR count). The second-order valence-electron chi connectivity index (χ2n) is 4.14. The van der Waals surface area contributed by atoms with Crippen molar-refractivity contribution in [2.45, 2.75) is 0 Å². The van der Waals surface area contributed by atoms with Crippen molar-refractivity contribution in [2.24, 2.45) is 0 Å². The van der Waals surface area contributed by atoms with Crippen LogP contribution in [0.1, 0.15) is 10.4 Å². The minimum absolute atomic E-state index is 0.137. The first-order valence-electron chi connectivity index (χ1n) is 5.96. The Hall–Kier alpha value is -1.76. The second-order valence-corrected chi connectivity index (χ2v) is 5.37. The zero-order chi connectivity index (χ0) is 13.8. The molecule has 1 aromatic carbocycles. The average molecular weight is 281 g/mol. The summed E-state index contributed by atoms with van der Waals surface area (Å²) in [7, 11) is 1.72. The smallest absolute Gasteiger partial charge is 0.282 e. The van der Waals surface area contributed by atoms with E-state index < -0.39 is 4.92 Å². The highest BCUT2D eigenvalue weighted by Crippen LogP contribution is 2.25. The van der Waals surface area contributed by atoms with Crippen molar-refractivity contribution < 1.29 is 9.72 Å². The summed E-state index contributed by atoms with van der Waals surface area (Å²) in [5.74, 6) is 1.50. The Balaban J connectivity index is 2.34. The Labute approximate surface area is 115 Å². The molecule has 102 valence electrons. The fraction of sp³-hybridized carbons (Fsp3) is 0.417. The number of nitrogens with one attached hydrogen (secondary N) is 1. The molecule has 0 aliphatic carbocycles. The molecule has 0 radical (unpaired) electrons. The number of rotatable bonds is 3. The Kier molecular flexibility index (Phi) is 4.26. The minimum Gasteiger partial charge on any atom is -0.388 e. The number of anilines is 1. The molecule has 1 amide bonds. The van der Waals surface area contributed by atoms with E-state index in [1.165, 1.54) is 6.07 Å². The van der Waals surface area contributed by atoms with Gasteiger partial charge in [-0.1, -0.05) is 0 Å². The lowest BCUT2D eigenvalue weighted by Gasteiger charge is -2.26. The van der Waals surface area contributed by atoms with Gasteiger partial charge in [-0.2, -0.15) is 11.8 Å². The van der Waals surface area contributed by atoms with E-state index in [1.54, 1.807) is 35.8 Å². The maximum atomic E-state index is 12.4. The summed E-state index contributed by atoms with van der Waals surface area (Å²) in [6, 6.07) is 4.51. The van der Waals surface area contributed by atoms with Crippen LogP contribution in [0.15, 0.2) is 18.2 Å². The highest BCUT2D eigenvalue weighted by Gasteiger charge is 2.26. The van der Waals surface area contributed by atoms with Gasteiger partial charge in [-0.3, -0.25) is 14.9 Å². The monoisotopic (exact) mass is 281 g/mol. The molecule has 6 nitrogen and oxygen atoms in total. The maximum Gasteiger partial charge on any atom is 0.282 e. The molecular formula is C12H15N3O3S. The summed E-state index contributed by atoms with van der Waals surface area (Å²) >= 11 is 1.79. The van der Waals surface area contributed by atoms with Gasteiger partial charge in [0.2, 0.25) is 0 Å². The van der Waals surface area contributed by atoms with Gasteiger partial charge < -0.3 is 10.2 Å². The number of carbonyl (C=O) groups is 1. The molecule has 1 saturated heterocycles. The molecule has 1 fully saturated rings. The number of hydrogen-bond donors (Lipinski definition) is 1. The molecule has 0 unspecified atom stereocenters. The molecule has 0 bridgehead atoms. The number of hydrogen-bond acceptors (Lipinski definition) is 5. The first-order valence-corrected chi connectivity index (χ1v) is 7.12. The summed E-state index contributed by atoms with van der Waals surface area (Å²) in [6.45, 7) is 1.29. The molecule has 0 aromatic heterocycles. The molecule has 19 heavy (non-hydrogen) atoms. The van der Waals surface area contributed by atoms with Crippen LogP contribution in [0.2, 0.25) is 0 Å². The number of amides is 1. The Morgan fingerprint density at radius 3 is 2.68 bits per heavy atom. The minimum atomic E-state index is -0.509. The predicted octanol–water partition coefficient (Wildman–Crippen LogP) is 1.83. The third-order valence-electron chi connectivity index (χ3n) is 3.01. The highest BCUT2D eigenvalue weighted by molar-refractivity contribution is 7.99. The van der Waals surface area contributed by atoms with Gasteiger partial charge in [0.05, 0.1) is 4.92 Å². The van der Waals surface area contributed by atoms with Crippen LogP contribution in [-0.4, -0.2) is 47.4 Å². The van der Waals surface area contributed by atoms with Crippen LogP contribution < -0.4 is 5.32 Å². The predicted molar refractivity (Wildman–Crippen MR) is 75.9 cm³/mol. The van der Waals surface area contributed by atoms with Crippen LogP contribution in [0.25, 0.3) is 0 Å². The molecule has 1 aromatic rings. The molecule has 0 atom stereocenters. The Bertz CT molecular complexity index is 501. The Morgan fingerprint density at radius 1 is 1.42 bits per heavy atom. The molecule has 0 spiro atoms. The van der Waals surface area contributed by atoms with Crippen molar-refractivity contribution >= 4 is 29.0 Å². The number of benzene rings is 1. The van der Waals surface area contributed by atoms with E-state index in [-0.39, 0.29) is 17.2 Å². The van der Waals surface area contributed by atoms with Gasteiger partial charge in [0.1, 0.15) is 5.56 Å². The van der Waals surface area contributed by atoms with E-state index in [1.807, 2.05) is 0 Å². The molecule has 1 aliphatic rings. The van der Waals surface area contributed by atoms with Gasteiger partial charge in [0.25, 0.3) is 11.6 Å². The van der Waals surface area contributed by atoms with Gasteiger partial charge in [0.15, 0.2) is 0 Å². The van der Waals surface area contributed by atoms with Crippen LogP contribution in [0.3, 0.4) is 0 Å². The van der Waals surface area contributed by atoms with Crippen LogP contribution in [0, 0.1) is 10.1 Å². The van der Waals surface area contributed by atoms with Gasteiger partial charge in [-0.15, -0.1) is 0 Å². The number of nitro groups is 1. The summed E-state index contributed by atoms with van der Waals surface area (Å²) < 4.78 is 0. The topological polar surface area (TPSA) is 75.5 Å². The van der Waals surface area contributed by atoms with Gasteiger partial charge in [-0.05, 0) is 12.1 Å². The number of nitro benzene ring substituents is 1. The summed E-state index contributed by atoms with van der Waals surface area (Å²) in [5.41, 5.74) is 0.714. The highest BCUT2D eigenvalue weighted by atomic mass is 32.2. The van der Waals surface area contributed by atoms with Crippen molar-refractivity contribution in [2.75, 3.05) is 37.0 Å². The van der Waals surface area contributed by atoms with E-state index in [0.717, 1.165) is 11.5 Å². The maximum absolute atomic E-state index is 12.4. The Morgan fingerprint density at radius 2 is 2.11 bits per heavy atom. The zero-order valence-corrected chi connectivity index (χ0v) is 11.4. The fourth-order valence-electron chi connectivity index (χ4n) is 1.96. The van der Waals surface area contributed by atoms with Gasteiger partial charge >= 0.3 is 0 Å². The first kappa shape index (κ1) is 13.7. The molecule has 1 N–H and O–H groups in total. The zero-order valence-electron chi connectivity index (χ0n) is 10.6.